The lowest BCUT2D eigenvalue weighted by Gasteiger charge is -2.23. The van der Waals surface area contributed by atoms with E-state index in [1.165, 1.54) is 0 Å². The van der Waals surface area contributed by atoms with E-state index in [0.717, 1.165) is 23.0 Å². The van der Waals surface area contributed by atoms with Crippen LogP contribution in [0.15, 0.2) is 53.8 Å². The van der Waals surface area contributed by atoms with Crippen molar-refractivity contribution in [3.8, 4) is 11.5 Å². The molecule has 0 spiro atoms. The van der Waals surface area contributed by atoms with Gasteiger partial charge in [0.25, 0.3) is 0 Å². The van der Waals surface area contributed by atoms with Gasteiger partial charge in [0.2, 0.25) is 0 Å². The van der Waals surface area contributed by atoms with Crippen LogP contribution in [-0.2, 0) is 6.54 Å². The Hall–Kier alpha value is -2.76. The summed E-state index contributed by atoms with van der Waals surface area (Å²) in [5.74, 6) is 2.44. The van der Waals surface area contributed by atoms with E-state index in [1.807, 2.05) is 48.3 Å². The molecule has 0 unspecified atom stereocenters. The fourth-order valence-electron chi connectivity index (χ4n) is 2.31. The number of nitrogens with one attached hydrogen (secondary N) is 1. The van der Waals surface area contributed by atoms with Crippen molar-refractivity contribution in [3.63, 3.8) is 0 Å². The van der Waals surface area contributed by atoms with E-state index in [4.69, 9.17) is 9.47 Å². The number of hydrogen-bond acceptors (Lipinski definition) is 4. The first-order valence-electron chi connectivity index (χ1n) is 7.81. The molecule has 128 valence electrons. The molecule has 6 nitrogen and oxygen atoms in total. The van der Waals surface area contributed by atoms with Gasteiger partial charge in [-0.05, 0) is 18.2 Å². The fraction of sp³-hybridized carbons (Fsp3) is 0.333. The van der Waals surface area contributed by atoms with Crippen molar-refractivity contribution in [2.24, 2.45) is 4.99 Å². The summed E-state index contributed by atoms with van der Waals surface area (Å²) in [4.78, 5) is 10.4. The first-order valence-corrected chi connectivity index (χ1v) is 7.81. The monoisotopic (exact) mass is 328 g/mol. The van der Waals surface area contributed by atoms with Crippen molar-refractivity contribution < 1.29 is 9.47 Å². The Morgan fingerprint density at radius 2 is 2.08 bits per heavy atom. The largest absolute Gasteiger partial charge is 0.496 e. The van der Waals surface area contributed by atoms with Gasteiger partial charge in [0.05, 0.1) is 19.9 Å². The van der Waals surface area contributed by atoms with Gasteiger partial charge in [-0.2, -0.15) is 0 Å². The van der Waals surface area contributed by atoms with Gasteiger partial charge in [0, 0.05) is 32.4 Å². The molecule has 2 rings (SSSR count). The number of aromatic nitrogens is 1. The number of ether oxygens (including phenoxy) is 2. The second-order valence-electron chi connectivity index (χ2n) is 5.18. The van der Waals surface area contributed by atoms with Crippen molar-refractivity contribution in [3.05, 3.63) is 54.4 Å². The highest BCUT2D eigenvalue weighted by Gasteiger charge is 2.09. The third-order valence-corrected chi connectivity index (χ3v) is 3.46. The molecule has 1 aromatic heterocycles. The molecule has 0 saturated carbocycles. The third kappa shape index (κ3) is 5.15. The minimum Gasteiger partial charge on any atom is -0.496 e. The maximum atomic E-state index is 5.62. The molecular formula is C18H24N4O2. The SMILES string of the molecule is CN=C(NCCOc1cccnc1)N(C)Cc1ccccc1OC. The Kier molecular flexibility index (Phi) is 6.89. The summed E-state index contributed by atoms with van der Waals surface area (Å²) >= 11 is 0. The highest BCUT2D eigenvalue weighted by atomic mass is 16.5. The summed E-state index contributed by atoms with van der Waals surface area (Å²) in [7, 11) is 5.44. The molecule has 0 saturated heterocycles. The van der Waals surface area contributed by atoms with Crippen LogP contribution in [0.5, 0.6) is 11.5 Å². The smallest absolute Gasteiger partial charge is 0.193 e. The number of para-hydroxylation sites is 1. The quantitative estimate of drug-likeness (QED) is 0.479. The highest BCUT2D eigenvalue weighted by molar-refractivity contribution is 5.79. The zero-order chi connectivity index (χ0) is 17.2. The molecule has 0 fully saturated rings. The summed E-state index contributed by atoms with van der Waals surface area (Å²) in [6.07, 6.45) is 3.42. The fourth-order valence-corrected chi connectivity index (χ4v) is 2.31. The summed E-state index contributed by atoms with van der Waals surface area (Å²) in [5.41, 5.74) is 1.11. The van der Waals surface area contributed by atoms with Crippen molar-refractivity contribution in [1.82, 2.24) is 15.2 Å². The average molecular weight is 328 g/mol. The zero-order valence-corrected chi connectivity index (χ0v) is 14.4. The van der Waals surface area contributed by atoms with Gasteiger partial charge in [0.1, 0.15) is 18.1 Å². The average Bonchev–Trinajstić information content (AvgIpc) is 2.63. The molecular weight excluding hydrogens is 304 g/mol. The minimum absolute atomic E-state index is 0.535. The van der Waals surface area contributed by atoms with Crippen molar-refractivity contribution in [2.75, 3.05) is 34.4 Å². The number of methoxy groups -OCH3 is 1. The van der Waals surface area contributed by atoms with Gasteiger partial charge in [-0.1, -0.05) is 18.2 Å². The van der Waals surface area contributed by atoms with Crippen molar-refractivity contribution >= 4 is 5.96 Å². The van der Waals surface area contributed by atoms with E-state index in [-0.39, 0.29) is 0 Å². The number of benzene rings is 1. The lowest BCUT2D eigenvalue weighted by atomic mass is 10.2. The van der Waals surface area contributed by atoms with E-state index in [2.05, 4.69) is 15.3 Å². The van der Waals surface area contributed by atoms with Gasteiger partial charge in [-0.3, -0.25) is 9.98 Å². The molecule has 1 heterocycles. The highest BCUT2D eigenvalue weighted by Crippen LogP contribution is 2.18. The molecule has 0 bridgehead atoms. The Balaban J connectivity index is 1.82. The van der Waals surface area contributed by atoms with Gasteiger partial charge >= 0.3 is 0 Å². The first kappa shape index (κ1) is 17.6. The van der Waals surface area contributed by atoms with E-state index >= 15 is 0 Å². The van der Waals surface area contributed by atoms with Gasteiger partial charge in [-0.15, -0.1) is 0 Å². The molecule has 0 atom stereocenters. The van der Waals surface area contributed by atoms with Crippen LogP contribution in [0.25, 0.3) is 0 Å². The summed E-state index contributed by atoms with van der Waals surface area (Å²) in [6.45, 7) is 1.89. The topological polar surface area (TPSA) is 59.0 Å². The Morgan fingerprint density at radius 1 is 1.25 bits per heavy atom. The van der Waals surface area contributed by atoms with E-state index in [0.29, 0.717) is 19.7 Å². The third-order valence-electron chi connectivity index (χ3n) is 3.46. The predicted octanol–water partition coefficient (Wildman–Crippen LogP) is 2.18. The number of rotatable bonds is 7. The summed E-state index contributed by atoms with van der Waals surface area (Å²) < 4.78 is 11.0. The van der Waals surface area contributed by atoms with Crippen LogP contribution >= 0.6 is 0 Å². The normalized spacial score (nSPS) is 11.0. The maximum absolute atomic E-state index is 5.62. The molecule has 24 heavy (non-hydrogen) atoms. The number of aliphatic imine (C=N–C) groups is 1. The number of pyridine rings is 1. The minimum atomic E-state index is 0.535. The number of guanidine groups is 1. The van der Waals surface area contributed by atoms with Gasteiger partial charge in [-0.25, -0.2) is 0 Å². The van der Waals surface area contributed by atoms with Crippen molar-refractivity contribution in [2.45, 2.75) is 6.54 Å². The summed E-state index contributed by atoms with van der Waals surface area (Å²) in [5, 5.41) is 3.29. The second-order valence-corrected chi connectivity index (χ2v) is 5.18. The van der Waals surface area contributed by atoms with Crippen LogP contribution in [0.3, 0.4) is 0 Å². The van der Waals surface area contributed by atoms with Crippen LogP contribution in [0, 0.1) is 0 Å². The van der Waals surface area contributed by atoms with Crippen LogP contribution in [-0.4, -0.2) is 50.2 Å². The molecule has 0 aliphatic rings. The molecule has 1 aromatic carbocycles. The predicted molar refractivity (Wildman–Crippen MR) is 95.6 cm³/mol. The number of nitrogens with zero attached hydrogens (tertiary/aromatic N) is 3. The lowest BCUT2D eigenvalue weighted by Crippen LogP contribution is -2.40. The molecule has 1 N–H and O–H groups in total. The first-order chi connectivity index (χ1) is 11.7. The van der Waals surface area contributed by atoms with Gasteiger partial charge < -0.3 is 19.7 Å². The Morgan fingerprint density at radius 3 is 2.79 bits per heavy atom. The molecule has 0 aliphatic heterocycles. The zero-order valence-electron chi connectivity index (χ0n) is 14.4. The molecule has 0 radical (unpaired) electrons. The van der Waals surface area contributed by atoms with Crippen LogP contribution in [0.4, 0.5) is 0 Å². The lowest BCUT2D eigenvalue weighted by molar-refractivity contribution is 0.317. The van der Waals surface area contributed by atoms with Crippen molar-refractivity contribution in [1.29, 1.82) is 0 Å². The standard InChI is InChI=1S/C18H24N4O2/c1-19-18(21-11-12-24-16-8-6-10-20-13-16)22(2)14-15-7-4-5-9-17(15)23-3/h4-10,13H,11-12,14H2,1-3H3,(H,19,21). The van der Waals surface area contributed by atoms with Crippen LogP contribution in [0.1, 0.15) is 5.56 Å². The second kappa shape index (κ2) is 9.39. The summed E-state index contributed by atoms with van der Waals surface area (Å²) in [6, 6.07) is 11.7. The number of hydrogen-bond donors (Lipinski definition) is 1. The Labute approximate surface area is 143 Å². The molecule has 2 aromatic rings. The van der Waals surface area contributed by atoms with E-state index in [9.17, 15) is 0 Å². The van der Waals surface area contributed by atoms with E-state index in [1.54, 1.807) is 26.6 Å². The van der Waals surface area contributed by atoms with E-state index < -0.39 is 0 Å². The van der Waals surface area contributed by atoms with Crippen LogP contribution in [0.2, 0.25) is 0 Å². The van der Waals surface area contributed by atoms with Gasteiger partial charge in [0.15, 0.2) is 5.96 Å². The molecule has 0 aliphatic carbocycles. The van der Waals surface area contributed by atoms with Crippen LogP contribution < -0.4 is 14.8 Å². The molecule has 6 heteroatoms. The molecule has 0 amide bonds. The maximum Gasteiger partial charge on any atom is 0.193 e. The Bertz CT molecular complexity index is 646.